The molecule has 5 nitrogen and oxygen atoms in total. The van der Waals surface area contributed by atoms with Gasteiger partial charge in [-0.25, -0.2) is 0 Å². The zero-order valence-electron chi connectivity index (χ0n) is 19.4. The van der Waals surface area contributed by atoms with Crippen molar-refractivity contribution in [2.75, 3.05) is 13.7 Å². The molecule has 2 aromatic rings. The van der Waals surface area contributed by atoms with Crippen molar-refractivity contribution in [2.45, 2.75) is 46.1 Å². The summed E-state index contributed by atoms with van der Waals surface area (Å²) in [6.07, 6.45) is 4.87. The van der Waals surface area contributed by atoms with E-state index >= 15 is 0 Å². The number of amides is 2. The molecule has 2 atom stereocenters. The van der Waals surface area contributed by atoms with Crippen molar-refractivity contribution in [1.82, 2.24) is 10.2 Å². The number of ether oxygens (including phenoxy) is 1. The Balaban J connectivity index is 1.64. The van der Waals surface area contributed by atoms with E-state index in [2.05, 4.69) is 26.1 Å². The fourth-order valence-electron chi connectivity index (χ4n) is 5.65. The van der Waals surface area contributed by atoms with Crippen LogP contribution in [0, 0.1) is 10.8 Å². The average Bonchev–Trinajstić information content (AvgIpc) is 3.02. The van der Waals surface area contributed by atoms with Gasteiger partial charge < -0.3 is 15.0 Å². The maximum Gasteiger partial charge on any atom is 0.270 e. The molecule has 1 N–H and O–H groups in total. The number of methoxy groups -OCH3 is 1. The lowest BCUT2D eigenvalue weighted by molar-refractivity contribution is -0.128. The van der Waals surface area contributed by atoms with Crippen LogP contribution in [0.25, 0.3) is 6.08 Å². The van der Waals surface area contributed by atoms with Gasteiger partial charge in [0.1, 0.15) is 11.4 Å². The van der Waals surface area contributed by atoms with E-state index in [9.17, 15) is 9.59 Å². The van der Waals surface area contributed by atoms with Crippen molar-refractivity contribution in [3.05, 3.63) is 71.4 Å². The molecule has 2 aliphatic rings. The zero-order chi connectivity index (χ0) is 22.9. The van der Waals surface area contributed by atoms with Gasteiger partial charge in [-0.3, -0.25) is 9.59 Å². The lowest BCUT2D eigenvalue weighted by Crippen LogP contribution is -2.42. The Bertz CT molecular complexity index is 1030. The second-order valence-corrected chi connectivity index (χ2v) is 10.3. The zero-order valence-corrected chi connectivity index (χ0v) is 19.4. The highest BCUT2D eigenvalue weighted by Gasteiger charge is 2.51. The second-order valence-electron chi connectivity index (χ2n) is 10.3. The first-order chi connectivity index (χ1) is 15.2. The number of rotatable bonds is 5. The number of carbonyl (C=O) groups excluding carboxylic acids is 2. The number of hydrogen-bond acceptors (Lipinski definition) is 3. The van der Waals surface area contributed by atoms with Crippen molar-refractivity contribution in [2.24, 2.45) is 10.8 Å². The van der Waals surface area contributed by atoms with Gasteiger partial charge in [0, 0.05) is 18.2 Å². The first-order valence-corrected chi connectivity index (χ1v) is 11.2. The number of hydrogen-bond donors (Lipinski definition) is 1. The Morgan fingerprint density at radius 1 is 1.03 bits per heavy atom. The third-order valence-corrected chi connectivity index (χ3v) is 6.62. The fourth-order valence-corrected chi connectivity index (χ4v) is 5.65. The molecule has 2 aromatic carbocycles. The van der Waals surface area contributed by atoms with E-state index in [1.165, 1.54) is 0 Å². The maximum absolute atomic E-state index is 13.8. The first kappa shape index (κ1) is 22.1. The van der Waals surface area contributed by atoms with E-state index in [1.54, 1.807) is 25.3 Å². The van der Waals surface area contributed by atoms with Crippen molar-refractivity contribution in [1.29, 1.82) is 0 Å². The van der Waals surface area contributed by atoms with Crippen molar-refractivity contribution in [3.8, 4) is 5.75 Å². The SMILES string of the molecule is COc1ccc(/C=C(\NC(=O)c2ccccc2)C(=O)N2CC3(C)CC2CC(C)(C)C3)cc1. The van der Waals surface area contributed by atoms with Gasteiger partial charge in [-0.05, 0) is 66.0 Å². The van der Waals surface area contributed by atoms with Crippen molar-refractivity contribution >= 4 is 17.9 Å². The van der Waals surface area contributed by atoms with Crippen LogP contribution in [0.2, 0.25) is 0 Å². The Morgan fingerprint density at radius 2 is 1.72 bits per heavy atom. The lowest BCUT2D eigenvalue weighted by Gasteiger charge is -2.39. The third kappa shape index (κ3) is 4.72. The average molecular weight is 433 g/mol. The number of benzene rings is 2. The van der Waals surface area contributed by atoms with Gasteiger partial charge >= 0.3 is 0 Å². The summed E-state index contributed by atoms with van der Waals surface area (Å²) in [5, 5.41) is 2.90. The molecule has 0 aromatic heterocycles. The van der Waals surface area contributed by atoms with Crippen molar-refractivity contribution < 1.29 is 14.3 Å². The molecule has 0 radical (unpaired) electrons. The predicted molar refractivity (Wildman–Crippen MR) is 126 cm³/mol. The molecule has 1 aliphatic heterocycles. The minimum atomic E-state index is -0.285. The Labute approximate surface area is 190 Å². The highest BCUT2D eigenvalue weighted by Crippen LogP contribution is 2.52. The predicted octanol–water partition coefficient (Wildman–Crippen LogP) is 4.89. The number of nitrogens with zero attached hydrogens (tertiary/aromatic N) is 1. The van der Waals surface area contributed by atoms with Gasteiger partial charge in [0.2, 0.25) is 0 Å². The molecule has 5 heteroatoms. The second kappa shape index (κ2) is 8.45. The van der Waals surface area contributed by atoms with E-state index in [1.807, 2.05) is 47.4 Å². The van der Waals surface area contributed by atoms with Crippen LogP contribution in [0.5, 0.6) is 5.75 Å². The van der Waals surface area contributed by atoms with E-state index in [0.29, 0.717) is 11.3 Å². The highest BCUT2D eigenvalue weighted by molar-refractivity contribution is 6.05. The molecule has 0 spiro atoms. The molecule has 2 amide bonds. The summed E-state index contributed by atoms with van der Waals surface area (Å²) in [5.74, 6) is 0.343. The number of likely N-dealkylation sites (tertiary alicyclic amines) is 1. The summed E-state index contributed by atoms with van der Waals surface area (Å²) in [6, 6.07) is 16.6. The van der Waals surface area contributed by atoms with Gasteiger partial charge in [0.05, 0.1) is 7.11 Å². The number of fused-ring (bicyclic) bond motifs is 2. The summed E-state index contributed by atoms with van der Waals surface area (Å²) in [4.78, 5) is 28.7. The van der Waals surface area contributed by atoms with Crippen LogP contribution in [-0.4, -0.2) is 36.4 Å². The minimum Gasteiger partial charge on any atom is -0.497 e. The van der Waals surface area contributed by atoms with Crippen LogP contribution < -0.4 is 10.1 Å². The van der Waals surface area contributed by atoms with E-state index in [0.717, 1.165) is 37.1 Å². The number of carbonyl (C=O) groups is 2. The molecule has 1 heterocycles. The molecule has 2 unspecified atom stereocenters. The normalized spacial score (nSPS) is 24.2. The van der Waals surface area contributed by atoms with E-state index in [4.69, 9.17) is 4.74 Å². The lowest BCUT2D eigenvalue weighted by atomic mass is 9.65. The summed E-state index contributed by atoms with van der Waals surface area (Å²) in [7, 11) is 1.62. The Kier molecular flexibility index (Phi) is 5.85. The summed E-state index contributed by atoms with van der Waals surface area (Å²) >= 11 is 0. The summed E-state index contributed by atoms with van der Waals surface area (Å²) < 4.78 is 5.24. The van der Waals surface area contributed by atoms with Gasteiger partial charge in [-0.2, -0.15) is 0 Å². The van der Waals surface area contributed by atoms with Crippen LogP contribution in [0.1, 0.15) is 56.0 Å². The van der Waals surface area contributed by atoms with E-state index in [-0.39, 0.29) is 28.7 Å². The Morgan fingerprint density at radius 3 is 2.38 bits per heavy atom. The monoisotopic (exact) mass is 432 g/mol. The molecule has 1 saturated carbocycles. The van der Waals surface area contributed by atoms with Crippen LogP contribution in [0.15, 0.2) is 60.3 Å². The van der Waals surface area contributed by atoms with Crippen LogP contribution in [0.3, 0.4) is 0 Å². The molecule has 1 aliphatic carbocycles. The largest absolute Gasteiger partial charge is 0.497 e. The smallest absolute Gasteiger partial charge is 0.270 e. The topological polar surface area (TPSA) is 58.6 Å². The van der Waals surface area contributed by atoms with Gasteiger partial charge in [-0.1, -0.05) is 51.1 Å². The van der Waals surface area contributed by atoms with Crippen LogP contribution in [-0.2, 0) is 4.79 Å². The molecule has 168 valence electrons. The fraction of sp³-hybridized carbons (Fsp3) is 0.407. The summed E-state index contributed by atoms with van der Waals surface area (Å²) in [6.45, 7) is 7.58. The molecule has 32 heavy (non-hydrogen) atoms. The maximum atomic E-state index is 13.8. The third-order valence-electron chi connectivity index (χ3n) is 6.62. The quantitative estimate of drug-likeness (QED) is 0.684. The molecule has 4 rings (SSSR count). The molecule has 1 saturated heterocycles. The standard InChI is InChI=1S/C27H32N2O3/c1-26(2)15-21-16-27(3,17-26)18-29(21)25(31)23(14-19-10-12-22(32-4)13-11-19)28-24(30)20-8-6-5-7-9-20/h5-14,21H,15-18H2,1-4H3,(H,28,30)/b23-14-. The van der Waals surface area contributed by atoms with E-state index < -0.39 is 0 Å². The first-order valence-electron chi connectivity index (χ1n) is 11.2. The van der Waals surface area contributed by atoms with Crippen molar-refractivity contribution in [3.63, 3.8) is 0 Å². The summed E-state index contributed by atoms with van der Waals surface area (Å²) in [5.41, 5.74) is 1.99. The number of nitrogens with one attached hydrogen (secondary N) is 1. The van der Waals surface area contributed by atoms with Gasteiger partial charge in [0.15, 0.2) is 0 Å². The molecular formula is C27H32N2O3. The Hall–Kier alpha value is -3.08. The minimum absolute atomic E-state index is 0.114. The van der Waals surface area contributed by atoms with Gasteiger partial charge in [-0.15, -0.1) is 0 Å². The van der Waals surface area contributed by atoms with Gasteiger partial charge in [0.25, 0.3) is 11.8 Å². The van der Waals surface area contributed by atoms with Crippen LogP contribution >= 0.6 is 0 Å². The van der Waals surface area contributed by atoms with Crippen LogP contribution in [0.4, 0.5) is 0 Å². The molecule has 2 fully saturated rings. The molecule has 2 bridgehead atoms. The highest BCUT2D eigenvalue weighted by atomic mass is 16.5. The molecular weight excluding hydrogens is 400 g/mol.